The van der Waals surface area contributed by atoms with Gasteiger partial charge in [0.15, 0.2) is 5.82 Å². The van der Waals surface area contributed by atoms with Crippen LogP contribution in [0.5, 0.6) is 0 Å². The van der Waals surface area contributed by atoms with Crippen LogP contribution in [-0.2, 0) is 14.8 Å². The highest BCUT2D eigenvalue weighted by molar-refractivity contribution is 7.90. The first kappa shape index (κ1) is 25.4. The lowest BCUT2D eigenvalue weighted by atomic mass is 9.98. The molecule has 13 heteroatoms. The lowest BCUT2D eigenvalue weighted by Crippen LogP contribution is -2.28. The average molecular weight is 551 g/mol. The van der Waals surface area contributed by atoms with Crippen LogP contribution >= 0.6 is 0 Å². The summed E-state index contributed by atoms with van der Waals surface area (Å²) in [5, 5.41) is 17.2. The molecule has 1 unspecified atom stereocenters. The Morgan fingerprint density at radius 2 is 1.97 bits per heavy atom. The summed E-state index contributed by atoms with van der Waals surface area (Å²) in [6.07, 6.45) is 10.2. The summed E-state index contributed by atoms with van der Waals surface area (Å²) in [6.45, 7) is 5.10. The lowest BCUT2D eigenvalue weighted by Gasteiger charge is -2.14. The molecule has 1 aliphatic carbocycles. The van der Waals surface area contributed by atoms with Gasteiger partial charge in [-0.1, -0.05) is 0 Å². The van der Waals surface area contributed by atoms with E-state index >= 15 is 0 Å². The molecule has 0 radical (unpaired) electrons. The standard InChI is InChI=1S/C26H30N8O4S/c1-16(2)33-15-21(17-9-25(36)32(13-17)7-8-35)20-12-28-24(10-22(20)33)30-23-5-6-27-26(31-23)18-11-29-34(14-18)39(37,38)19-3-4-19/h5-6,10-12,14-17,19,35H,3-4,7-9,13H2,1-2H3,(H,27,28,30,31). The molecule has 1 aliphatic heterocycles. The molecule has 6 rings (SSSR count). The molecule has 204 valence electrons. The minimum Gasteiger partial charge on any atom is -0.395 e. The van der Waals surface area contributed by atoms with Gasteiger partial charge in [-0.3, -0.25) is 4.79 Å². The Balaban J connectivity index is 1.27. The second kappa shape index (κ2) is 9.72. The van der Waals surface area contributed by atoms with Crippen molar-refractivity contribution in [3.05, 3.63) is 48.7 Å². The molecular formula is C26H30N8O4S. The number of pyridine rings is 1. The maximum Gasteiger partial charge on any atom is 0.256 e. The highest BCUT2D eigenvalue weighted by atomic mass is 32.2. The van der Waals surface area contributed by atoms with E-state index in [2.05, 4.69) is 50.0 Å². The van der Waals surface area contributed by atoms with E-state index in [0.717, 1.165) is 20.6 Å². The Hall–Kier alpha value is -3.84. The summed E-state index contributed by atoms with van der Waals surface area (Å²) in [7, 11) is -3.47. The number of aromatic nitrogens is 6. The zero-order valence-corrected chi connectivity index (χ0v) is 22.5. The van der Waals surface area contributed by atoms with E-state index < -0.39 is 10.0 Å². The number of hydrogen-bond acceptors (Lipinski definition) is 9. The van der Waals surface area contributed by atoms with E-state index in [0.29, 0.717) is 55.4 Å². The number of anilines is 2. The molecule has 2 fully saturated rings. The van der Waals surface area contributed by atoms with E-state index in [4.69, 9.17) is 0 Å². The maximum absolute atomic E-state index is 12.5. The van der Waals surface area contributed by atoms with Crippen molar-refractivity contribution in [3.63, 3.8) is 0 Å². The van der Waals surface area contributed by atoms with Crippen molar-refractivity contribution >= 4 is 38.5 Å². The zero-order valence-electron chi connectivity index (χ0n) is 21.7. The van der Waals surface area contributed by atoms with Crippen molar-refractivity contribution < 1.29 is 18.3 Å². The molecule has 4 aromatic rings. The normalized spacial score (nSPS) is 18.0. The van der Waals surface area contributed by atoms with Crippen LogP contribution in [0.25, 0.3) is 22.3 Å². The van der Waals surface area contributed by atoms with Gasteiger partial charge < -0.3 is 19.9 Å². The van der Waals surface area contributed by atoms with Crippen LogP contribution in [0.2, 0.25) is 0 Å². The predicted octanol–water partition coefficient (Wildman–Crippen LogP) is 2.66. The molecule has 39 heavy (non-hydrogen) atoms. The number of carbonyl (C=O) groups is 1. The second-order valence-electron chi connectivity index (χ2n) is 10.4. The topological polar surface area (TPSA) is 148 Å². The van der Waals surface area contributed by atoms with Crippen molar-refractivity contribution in [1.29, 1.82) is 0 Å². The third-order valence-electron chi connectivity index (χ3n) is 7.27. The Morgan fingerprint density at radius 1 is 1.15 bits per heavy atom. The summed E-state index contributed by atoms with van der Waals surface area (Å²) in [6, 6.07) is 3.87. The summed E-state index contributed by atoms with van der Waals surface area (Å²) in [5.41, 5.74) is 2.58. The summed E-state index contributed by atoms with van der Waals surface area (Å²) >= 11 is 0. The Bertz CT molecular complexity index is 1660. The van der Waals surface area contributed by atoms with E-state index in [1.165, 1.54) is 12.4 Å². The lowest BCUT2D eigenvalue weighted by molar-refractivity contribution is -0.128. The Kier molecular flexibility index (Phi) is 6.34. The summed E-state index contributed by atoms with van der Waals surface area (Å²) < 4.78 is 28.2. The highest BCUT2D eigenvalue weighted by Gasteiger charge is 2.38. The van der Waals surface area contributed by atoms with Gasteiger partial charge in [-0.05, 0) is 38.3 Å². The van der Waals surface area contributed by atoms with Gasteiger partial charge in [0.05, 0.1) is 35.3 Å². The fourth-order valence-electron chi connectivity index (χ4n) is 5.08. The van der Waals surface area contributed by atoms with Gasteiger partial charge in [-0.15, -0.1) is 0 Å². The number of carbonyl (C=O) groups excluding carboxylic acids is 1. The van der Waals surface area contributed by atoms with Crippen LogP contribution in [-0.4, -0.2) is 78.0 Å². The number of nitrogens with one attached hydrogen (secondary N) is 1. The Labute approximate surface area is 225 Å². The van der Waals surface area contributed by atoms with Crippen molar-refractivity contribution in [3.8, 4) is 11.4 Å². The number of rotatable bonds is 9. The largest absolute Gasteiger partial charge is 0.395 e. The van der Waals surface area contributed by atoms with Crippen LogP contribution in [0, 0.1) is 0 Å². The molecule has 1 amide bonds. The van der Waals surface area contributed by atoms with Gasteiger partial charge in [0.2, 0.25) is 5.91 Å². The van der Waals surface area contributed by atoms with Gasteiger partial charge in [-0.2, -0.15) is 9.19 Å². The van der Waals surface area contributed by atoms with Crippen LogP contribution in [0.1, 0.15) is 50.6 Å². The quantitative estimate of drug-likeness (QED) is 0.321. The molecule has 0 bridgehead atoms. The van der Waals surface area contributed by atoms with Gasteiger partial charge in [0.25, 0.3) is 10.0 Å². The highest BCUT2D eigenvalue weighted by Crippen LogP contribution is 2.36. The number of β-amino-alcohol motifs (C(OH)–C–C–N with tert-alkyl or cyclic N) is 1. The number of nitrogens with zero attached hydrogens (tertiary/aromatic N) is 7. The average Bonchev–Trinajstić information content (AvgIpc) is 3.37. The Morgan fingerprint density at radius 3 is 2.72 bits per heavy atom. The van der Waals surface area contributed by atoms with Crippen LogP contribution < -0.4 is 5.32 Å². The maximum atomic E-state index is 12.5. The first-order valence-electron chi connectivity index (χ1n) is 13.0. The summed E-state index contributed by atoms with van der Waals surface area (Å²) in [5.74, 6) is 1.55. The van der Waals surface area contributed by atoms with Crippen molar-refractivity contribution in [2.45, 2.75) is 50.3 Å². The smallest absolute Gasteiger partial charge is 0.256 e. The molecular weight excluding hydrogens is 520 g/mol. The van der Waals surface area contributed by atoms with E-state index in [-0.39, 0.29) is 29.7 Å². The SMILES string of the molecule is CC(C)n1cc(C2CC(=O)N(CCO)C2)c2cnc(Nc3ccnc(-c4cnn(S(=O)(=O)C5CC5)c4)n3)cc21. The number of hydrogen-bond donors (Lipinski definition) is 2. The first-order chi connectivity index (χ1) is 18.7. The number of aliphatic hydroxyl groups is 1. The third-order valence-corrected chi connectivity index (χ3v) is 9.30. The van der Waals surface area contributed by atoms with E-state index in [9.17, 15) is 18.3 Å². The van der Waals surface area contributed by atoms with E-state index in [1.54, 1.807) is 17.2 Å². The summed E-state index contributed by atoms with van der Waals surface area (Å²) in [4.78, 5) is 27.6. The molecule has 12 nitrogen and oxygen atoms in total. The van der Waals surface area contributed by atoms with Crippen molar-refractivity contribution in [1.82, 2.24) is 33.6 Å². The van der Waals surface area contributed by atoms with Crippen LogP contribution in [0.4, 0.5) is 11.6 Å². The molecule has 4 aromatic heterocycles. The van der Waals surface area contributed by atoms with Gasteiger partial charge >= 0.3 is 0 Å². The second-order valence-corrected chi connectivity index (χ2v) is 12.4. The molecule has 1 saturated carbocycles. The monoisotopic (exact) mass is 550 g/mol. The molecule has 2 aliphatic rings. The van der Waals surface area contributed by atoms with Crippen molar-refractivity contribution in [2.75, 3.05) is 25.0 Å². The van der Waals surface area contributed by atoms with E-state index in [1.807, 2.05) is 12.3 Å². The minimum atomic E-state index is -3.47. The number of amides is 1. The molecule has 0 spiro atoms. The fraction of sp³-hybridized carbons (Fsp3) is 0.423. The number of fused-ring (bicyclic) bond motifs is 1. The third kappa shape index (κ3) is 4.76. The fourth-order valence-corrected chi connectivity index (χ4v) is 6.56. The van der Waals surface area contributed by atoms with Crippen LogP contribution in [0.15, 0.2) is 43.1 Å². The van der Waals surface area contributed by atoms with Crippen molar-refractivity contribution in [2.24, 2.45) is 0 Å². The number of aliphatic hydroxyl groups excluding tert-OH is 1. The van der Waals surface area contributed by atoms with Gasteiger partial charge in [0.1, 0.15) is 11.6 Å². The van der Waals surface area contributed by atoms with Gasteiger partial charge in [-0.25, -0.2) is 23.4 Å². The zero-order chi connectivity index (χ0) is 27.3. The molecule has 1 saturated heterocycles. The van der Waals surface area contributed by atoms with Crippen LogP contribution in [0.3, 0.4) is 0 Å². The molecule has 2 N–H and O–H groups in total. The molecule has 1 atom stereocenters. The molecule has 0 aromatic carbocycles. The number of likely N-dealkylation sites (tertiary alicyclic amines) is 1. The minimum absolute atomic E-state index is 0.0428. The molecule has 5 heterocycles. The first-order valence-corrected chi connectivity index (χ1v) is 14.5. The predicted molar refractivity (Wildman–Crippen MR) is 145 cm³/mol. The van der Waals surface area contributed by atoms with Gasteiger partial charge in [0, 0.05) is 61.5 Å².